The van der Waals surface area contributed by atoms with Crippen molar-refractivity contribution in [2.75, 3.05) is 20.2 Å². The number of alkyl halides is 2. The molecule has 0 amide bonds. The second-order valence-electron chi connectivity index (χ2n) is 2.16. The van der Waals surface area contributed by atoms with Crippen molar-refractivity contribution in [2.24, 2.45) is 0 Å². The van der Waals surface area contributed by atoms with Gasteiger partial charge in [-0.25, -0.2) is 4.67 Å². The van der Waals surface area contributed by atoms with Crippen LogP contribution >= 0.6 is 30.7 Å². The molecule has 0 aliphatic heterocycles. The molecule has 0 bridgehead atoms. The largest absolute Gasteiger partial charge is 0.319 e. The van der Waals surface area contributed by atoms with Crippen molar-refractivity contribution in [3.05, 3.63) is 0 Å². The van der Waals surface area contributed by atoms with Crippen LogP contribution in [-0.2, 0) is 9.09 Å². The minimum absolute atomic E-state index is 0.609. The molecular weight excluding hydrogens is 220 g/mol. The quantitative estimate of drug-likeness (QED) is 0.541. The van der Waals surface area contributed by atoms with Gasteiger partial charge in [0.2, 0.25) is 0 Å². The molecule has 0 aromatic rings. The van der Waals surface area contributed by atoms with Crippen LogP contribution in [0.4, 0.5) is 0 Å². The number of rotatable bonds is 5. The third-order valence-corrected chi connectivity index (χ3v) is 5.48. The fourth-order valence-corrected chi connectivity index (χ4v) is 3.58. The van der Waals surface area contributed by atoms with Gasteiger partial charge < -0.3 is 4.52 Å². The van der Waals surface area contributed by atoms with E-state index in [1.165, 1.54) is 7.11 Å². The molecule has 0 saturated carbocycles. The zero-order valence-corrected chi connectivity index (χ0v) is 9.86. The summed E-state index contributed by atoms with van der Waals surface area (Å²) in [5.41, 5.74) is 0. The first kappa shape index (κ1) is 12.7. The summed E-state index contributed by atoms with van der Waals surface area (Å²) in [5, 5.41) is 0. The molecule has 0 heterocycles. The van der Waals surface area contributed by atoms with Crippen molar-refractivity contribution in [3.63, 3.8) is 0 Å². The highest BCUT2D eigenvalue weighted by molar-refractivity contribution is 7.61. The second kappa shape index (κ2) is 5.46. The molecular formula is C6H14Cl2NO2P. The molecule has 6 heteroatoms. The van der Waals surface area contributed by atoms with E-state index in [0.717, 1.165) is 0 Å². The lowest BCUT2D eigenvalue weighted by Gasteiger charge is -2.28. The Bertz CT molecular complexity index is 173. The predicted octanol–water partition coefficient (Wildman–Crippen LogP) is 2.93. The normalized spacial score (nSPS) is 16.9. The minimum Gasteiger partial charge on any atom is -0.319 e. The van der Waals surface area contributed by atoms with Gasteiger partial charge in [0.15, 0.2) is 4.58 Å². The van der Waals surface area contributed by atoms with Crippen molar-refractivity contribution in [1.82, 2.24) is 4.67 Å². The lowest BCUT2D eigenvalue weighted by Crippen LogP contribution is -2.23. The maximum Gasteiger partial charge on any atom is 0.304 e. The highest BCUT2D eigenvalue weighted by Gasteiger charge is 2.35. The first-order valence-electron chi connectivity index (χ1n) is 3.71. The summed E-state index contributed by atoms with van der Waals surface area (Å²) in [6.45, 7) is 4.98. The summed E-state index contributed by atoms with van der Waals surface area (Å²) in [5.74, 6) is 0. The molecule has 1 atom stereocenters. The minimum atomic E-state index is -3.02. The number of halogens is 2. The van der Waals surface area contributed by atoms with Crippen LogP contribution in [0.15, 0.2) is 0 Å². The Kier molecular flexibility index (Phi) is 5.79. The summed E-state index contributed by atoms with van der Waals surface area (Å²) in [7, 11) is -1.66. The second-order valence-corrected chi connectivity index (χ2v) is 6.44. The Morgan fingerprint density at radius 1 is 1.42 bits per heavy atom. The number of nitrogens with zero attached hydrogens (tertiary/aromatic N) is 1. The van der Waals surface area contributed by atoms with Crippen LogP contribution < -0.4 is 0 Å². The molecule has 0 rings (SSSR count). The average Bonchev–Trinajstić information content (AvgIpc) is 2.05. The van der Waals surface area contributed by atoms with Gasteiger partial charge in [0, 0.05) is 20.2 Å². The molecule has 0 aliphatic carbocycles. The SMILES string of the molecule is CCN(CC)P(=O)(OC)C(Cl)Cl. The van der Waals surface area contributed by atoms with Gasteiger partial charge in [-0.1, -0.05) is 37.0 Å². The fraction of sp³-hybridized carbons (Fsp3) is 1.00. The molecule has 0 aromatic heterocycles. The van der Waals surface area contributed by atoms with E-state index in [2.05, 4.69) is 0 Å². The molecule has 1 unspecified atom stereocenters. The van der Waals surface area contributed by atoms with Gasteiger partial charge in [-0.05, 0) is 0 Å². The summed E-state index contributed by atoms with van der Waals surface area (Å²) < 4.78 is 17.4. The fourth-order valence-electron chi connectivity index (χ4n) is 0.936. The van der Waals surface area contributed by atoms with Crippen molar-refractivity contribution in [2.45, 2.75) is 18.4 Å². The topological polar surface area (TPSA) is 29.5 Å². The van der Waals surface area contributed by atoms with Crippen molar-refractivity contribution in [1.29, 1.82) is 0 Å². The Hall–Kier alpha value is 0.730. The average molecular weight is 234 g/mol. The lowest BCUT2D eigenvalue weighted by molar-refractivity contribution is 0.319. The molecule has 0 spiro atoms. The van der Waals surface area contributed by atoms with Crippen LogP contribution in [0, 0.1) is 0 Å². The van der Waals surface area contributed by atoms with Gasteiger partial charge in [-0.2, -0.15) is 0 Å². The zero-order valence-electron chi connectivity index (χ0n) is 7.46. The van der Waals surface area contributed by atoms with Gasteiger partial charge >= 0.3 is 7.52 Å². The summed E-state index contributed by atoms with van der Waals surface area (Å²) in [6, 6.07) is 0. The summed E-state index contributed by atoms with van der Waals surface area (Å²) in [6.07, 6.45) is 0. The molecule has 0 fully saturated rings. The van der Waals surface area contributed by atoms with Gasteiger partial charge in [0.1, 0.15) is 0 Å². The zero-order chi connectivity index (χ0) is 9.78. The maximum atomic E-state index is 11.9. The summed E-state index contributed by atoms with van der Waals surface area (Å²) in [4.78, 5) is 0. The summed E-state index contributed by atoms with van der Waals surface area (Å²) >= 11 is 11.1. The van der Waals surface area contributed by atoms with E-state index >= 15 is 0 Å². The van der Waals surface area contributed by atoms with E-state index in [1.54, 1.807) is 4.67 Å². The van der Waals surface area contributed by atoms with Gasteiger partial charge in [-0.3, -0.25) is 4.57 Å². The Morgan fingerprint density at radius 3 is 1.92 bits per heavy atom. The Balaban J connectivity index is 4.60. The van der Waals surface area contributed by atoms with E-state index in [9.17, 15) is 4.57 Å². The van der Waals surface area contributed by atoms with Gasteiger partial charge in [0.25, 0.3) is 0 Å². The Morgan fingerprint density at radius 2 is 1.83 bits per heavy atom. The van der Waals surface area contributed by atoms with E-state index in [4.69, 9.17) is 27.7 Å². The van der Waals surface area contributed by atoms with E-state index < -0.39 is 12.1 Å². The third kappa shape index (κ3) is 2.61. The maximum absolute atomic E-state index is 11.9. The molecule has 74 valence electrons. The van der Waals surface area contributed by atoms with E-state index in [0.29, 0.717) is 13.1 Å². The molecule has 3 nitrogen and oxygen atoms in total. The van der Waals surface area contributed by atoms with Crippen LogP contribution in [0.2, 0.25) is 0 Å². The van der Waals surface area contributed by atoms with Gasteiger partial charge in [0.05, 0.1) is 0 Å². The first-order chi connectivity index (χ1) is 5.52. The monoisotopic (exact) mass is 233 g/mol. The van der Waals surface area contributed by atoms with Crippen LogP contribution in [0.25, 0.3) is 0 Å². The molecule has 0 saturated heterocycles. The highest BCUT2D eigenvalue weighted by Crippen LogP contribution is 2.57. The molecule has 0 aromatic carbocycles. The number of hydrogen-bond donors (Lipinski definition) is 0. The lowest BCUT2D eigenvalue weighted by atomic mass is 10.7. The van der Waals surface area contributed by atoms with Crippen molar-refractivity contribution < 1.29 is 9.09 Å². The third-order valence-electron chi connectivity index (χ3n) is 1.63. The Labute approximate surface area is 83.5 Å². The predicted molar refractivity (Wildman–Crippen MR) is 53.0 cm³/mol. The molecule has 0 aliphatic rings. The first-order valence-corrected chi connectivity index (χ1v) is 6.23. The molecule has 12 heavy (non-hydrogen) atoms. The van der Waals surface area contributed by atoms with Crippen LogP contribution in [0.3, 0.4) is 0 Å². The molecule has 0 radical (unpaired) electrons. The number of hydrogen-bond acceptors (Lipinski definition) is 2. The van der Waals surface area contributed by atoms with Crippen LogP contribution in [-0.4, -0.2) is 29.4 Å². The van der Waals surface area contributed by atoms with Crippen LogP contribution in [0.1, 0.15) is 13.8 Å². The molecule has 0 N–H and O–H groups in total. The van der Waals surface area contributed by atoms with E-state index in [-0.39, 0.29) is 0 Å². The standard InChI is InChI=1S/C6H14Cl2NO2P/c1-4-9(5-2)12(10,11-3)6(7)8/h6H,4-5H2,1-3H3. The van der Waals surface area contributed by atoms with Crippen molar-refractivity contribution >= 4 is 30.7 Å². The van der Waals surface area contributed by atoms with Crippen LogP contribution in [0.5, 0.6) is 0 Å². The van der Waals surface area contributed by atoms with Gasteiger partial charge in [-0.15, -0.1) is 0 Å². The van der Waals surface area contributed by atoms with E-state index in [1.807, 2.05) is 13.8 Å². The highest BCUT2D eigenvalue weighted by atomic mass is 35.5. The smallest absolute Gasteiger partial charge is 0.304 e. The van der Waals surface area contributed by atoms with Crippen molar-refractivity contribution in [3.8, 4) is 0 Å².